The smallest absolute Gasteiger partial charge is 0.264 e. The average molecular weight is 711 g/mol. The SMILES string of the molecule is COc1ccc2c(c1)[C@@H]1C[C@]1(C(=O)N1CC34CCC3(C1)CN(C1CC1)C4)Cn1c-2c(C2CCCCC2)c2ccc(C(=O)NS(=O)(=O)C(C)C)cc21. The molecule has 4 heterocycles. The van der Waals surface area contributed by atoms with Crippen molar-refractivity contribution in [3.8, 4) is 17.0 Å². The van der Waals surface area contributed by atoms with Crippen molar-refractivity contribution in [2.75, 3.05) is 33.3 Å². The molecule has 3 aliphatic heterocycles. The highest BCUT2D eigenvalue weighted by atomic mass is 32.2. The minimum Gasteiger partial charge on any atom is -0.497 e. The van der Waals surface area contributed by atoms with E-state index in [2.05, 4.69) is 31.2 Å². The van der Waals surface area contributed by atoms with Gasteiger partial charge in [0.2, 0.25) is 15.9 Å². The number of carbonyl (C=O) groups is 2. The number of carbonyl (C=O) groups excluding carboxylic acids is 2. The summed E-state index contributed by atoms with van der Waals surface area (Å²) >= 11 is 0. The fourth-order valence-corrected chi connectivity index (χ4v) is 12.0. The molecule has 0 radical (unpaired) electrons. The van der Waals surface area contributed by atoms with Gasteiger partial charge in [-0.1, -0.05) is 25.3 Å². The van der Waals surface area contributed by atoms with Gasteiger partial charge in [0.1, 0.15) is 5.75 Å². The lowest BCUT2D eigenvalue weighted by atomic mass is 9.53. The van der Waals surface area contributed by atoms with Crippen LogP contribution in [0.15, 0.2) is 36.4 Å². The Morgan fingerprint density at radius 3 is 2.27 bits per heavy atom. The van der Waals surface area contributed by atoms with Crippen molar-refractivity contribution in [3.63, 3.8) is 0 Å². The van der Waals surface area contributed by atoms with E-state index >= 15 is 4.79 Å². The number of aromatic nitrogens is 1. The number of benzene rings is 2. The van der Waals surface area contributed by atoms with Crippen molar-refractivity contribution >= 4 is 32.7 Å². The van der Waals surface area contributed by atoms with E-state index in [-0.39, 0.29) is 16.7 Å². The van der Waals surface area contributed by atoms with Gasteiger partial charge in [-0.2, -0.15) is 0 Å². The summed E-state index contributed by atoms with van der Waals surface area (Å²) in [6, 6.07) is 12.9. The molecule has 6 fully saturated rings. The summed E-state index contributed by atoms with van der Waals surface area (Å²) in [6.07, 6.45) is 11.7. The maximum Gasteiger partial charge on any atom is 0.264 e. The molecule has 2 unspecified atom stereocenters. The lowest BCUT2D eigenvalue weighted by Crippen LogP contribution is -2.49. The van der Waals surface area contributed by atoms with Crippen molar-refractivity contribution in [2.45, 2.75) is 108 Å². The number of likely N-dealkylation sites (tertiary alicyclic amines) is 2. The molecule has 7 aliphatic rings. The number of methoxy groups -OCH3 is 1. The molecule has 2 saturated heterocycles. The molecular weight excluding hydrogens is 661 g/mol. The molecule has 4 aliphatic carbocycles. The zero-order valence-electron chi connectivity index (χ0n) is 30.2. The minimum absolute atomic E-state index is 0.0861. The van der Waals surface area contributed by atoms with Crippen LogP contribution < -0.4 is 9.46 Å². The average Bonchev–Trinajstić information content (AvgIpc) is 4.02. The topological polar surface area (TPSA) is 101 Å². The summed E-state index contributed by atoms with van der Waals surface area (Å²) in [5.41, 5.74) is 5.98. The van der Waals surface area contributed by atoms with Crippen LogP contribution in [0.3, 0.4) is 0 Å². The van der Waals surface area contributed by atoms with E-state index in [1.165, 1.54) is 56.1 Å². The molecule has 1 aromatic heterocycles. The maximum atomic E-state index is 15.2. The largest absolute Gasteiger partial charge is 0.497 e. The van der Waals surface area contributed by atoms with Gasteiger partial charge in [-0.15, -0.1) is 0 Å². The van der Waals surface area contributed by atoms with Crippen molar-refractivity contribution in [2.24, 2.45) is 16.2 Å². The quantitative estimate of drug-likeness (QED) is 0.305. The van der Waals surface area contributed by atoms with Crippen LogP contribution >= 0.6 is 0 Å². The molecule has 10 rings (SSSR count). The van der Waals surface area contributed by atoms with E-state index in [1.807, 2.05) is 18.2 Å². The van der Waals surface area contributed by atoms with E-state index < -0.39 is 26.6 Å². The molecule has 0 bridgehead atoms. The van der Waals surface area contributed by atoms with E-state index in [0.717, 1.165) is 79.4 Å². The lowest BCUT2D eigenvalue weighted by Gasteiger charge is -2.48. The number of sulfonamides is 1. The number of nitrogens with one attached hydrogen (secondary N) is 1. The summed E-state index contributed by atoms with van der Waals surface area (Å²) in [6.45, 7) is 7.72. The second-order valence-electron chi connectivity index (χ2n) is 17.7. The third kappa shape index (κ3) is 4.57. The lowest BCUT2D eigenvalue weighted by molar-refractivity contribution is -0.137. The molecule has 4 saturated carbocycles. The highest BCUT2D eigenvalue weighted by molar-refractivity contribution is 7.90. The number of nitrogens with zero attached hydrogens (tertiary/aromatic N) is 3. The Bertz CT molecular complexity index is 2090. The zero-order chi connectivity index (χ0) is 35.1. The predicted molar refractivity (Wildman–Crippen MR) is 196 cm³/mol. The predicted octanol–water partition coefficient (Wildman–Crippen LogP) is 6.41. The van der Waals surface area contributed by atoms with Gasteiger partial charge in [0.15, 0.2) is 0 Å². The first-order valence-electron chi connectivity index (χ1n) is 19.4. The van der Waals surface area contributed by atoms with Crippen molar-refractivity contribution in [1.82, 2.24) is 19.1 Å². The Kier molecular flexibility index (Phi) is 6.87. The standard InChI is InChI=1S/C41H50N4O5S/c1-25(2)51(48,49)42-37(46)27-9-13-31-34(17-27)45-24-41(38(47)44-22-39-15-16-40(39,23-44)21-43(20-39)28-10-11-28)19-33(41)32-18-29(50-3)12-14-30(32)36(45)35(31)26-7-5-4-6-8-26/h9,12-14,17-18,25-26,28,33H,4-8,10-11,15-16,19-24H2,1-3H3,(H,42,46)/t33-,39?,40?,41-/m0/s1. The second kappa shape index (κ2) is 10.8. The number of ether oxygens (including phenoxy) is 1. The third-order valence-electron chi connectivity index (χ3n) is 14.6. The number of hydrogen-bond donors (Lipinski definition) is 1. The monoisotopic (exact) mass is 710 g/mol. The molecular formula is C41H50N4O5S. The van der Waals surface area contributed by atoms with E-state index in [4.69, 9.17) is 4.74 Å². The van der Waals surface area contributed by atoms with Gasteiger partial charge >= 0.3 is 0 Å². The van der Waals surface area contributed by atoms with Gasteiger partial charge in [0, 0.05) is 77.5 Å². The first-order valence-corrected chi connectivity index (χ1v) is 21.0. The van der Waals surface area contributed by atoms with Crippen LogP contribution in [0.4, 0.5) is 0 Å². The summed E-state index contributed by atoms with van der Waals surface area (Å²) < 4.78 is 35.9. The summed E-state index contributed by atoms with van der Waals surface area (Å²) in [5, 5.41) is 0.380. The molecule has 4 atom stereocenters. The molecule has 270 valence electrons. The van der Waals surface area contributed by atoms with Crippen LogP contribution in [0.25, 0.3) is 22.2 Å². The highest BCUT2D eigenvalue weighted by Gasteiger charge is 2.72. The Morgan fingerprint density at radius 1 is 0.902 bits per heavy atom. The number of amides is 2. The van der Waals surface area contributed by atoms with E-state index in [9.17, 15) is 13.2 Å². The molecule has 0 spiro atoms. The van der Waals surface area contributed by atoms with Crippen molar-refractivity contribution in [3.05, 3.63) is 53.1 Å². The molecule has 51 heavy (non-hydrogen) atoms. The van der Waals surface area contributed by atoms with Gasteiger partial charge < -0.3 is 14.2 Å². The minimum atomic E-state index is -3.80. The Labute approximate surface area is 301 Å². The number of hydrogen-bond acceptors (Lipinski definition) is 6. The molecule has 10 heteroatoms. The van der Waals surface area contributed by atoms with Crippen LogP contribution in [-0.2, 0) is 21.4 Å². The normalized spacial score (nSPS) is 31.3. The van der Waals surface area contributed by atoms with Crippen LogP contribution in [0, 0.1) is 16.2 Å². The first kappa shape index (κ1) is 32.3. The van der Waals surface area contributed by atoms with Gasteiger partial charge in [0.25, 0.3) is 5.91 Å². The zero-order valence-corrected chi connectivity index (χ0v) is 31.0. The molecule has 2 amide bonds. The van der Waals surface area contributed by atoms with Gasteiger partial charge in [-0.05, 0) is 106 Å². The highest BCUT2D eigenvalue weighted by Crippen LogP contribution is 2.70. The van der Waals surface area contributed by atoms with Gasteiger partial charge in [0.05, 0.1) is 23.5 Å². The van der Waals surface area contributed by atoms with Crippen LogP contribution in [-0.4, -0.2) is 79.2 Å². The summed E-state index contributed by atoms with van der Waals surface area (Å²) in [4.78, 5) is 33.7. The van der Waals surface area contributed by atoms with Crippen molar-refractivity contribution < 1.29 is 22.7 Å². The Hall–Kier alpha value is -3.37. The van der Waals surface area contributed by atoms with E-state index in [0.29, 0.717) is 23.9 Å². The van der Waals surface area contributed by atoms with Crippen LogP contribution in [0.1, 0.15) is 111 Å². The Balaban J connectivity index is 1.10. The van der Waals surface area contributed by atoms with Gasteiger partial charge in [-0.3, -0.25) is 14.5 Å². The Morgan fingerprint density at radius 2 is 1.63 bits per heavy atom. The molecule has 1 N–H and O–H groups in total. The molecule has 3 aromatic rings. The van der Waals surface area contributed by atoms with Crippen LogP contribution in [0.2, 0.25) is 0 Å². The molecule has 9 nitrogen and oxygen atoms in total. The fourth-order valence-electron chi connectivity index (χ4n) is 11.4. The summed E-state index contributed by atoms with van der Waals surface area (Å²) in [5.74, 6) is 0.939. The molecule has 2 aromatic carbocycles. The van der Waals surface area contributed by atoms with Gasteiger partial charge in [-0.25, -0.2) is 13.1 Å². The fraction of sp³-hybridized carbons (Fsp3) is 0.610. The maximum absolute atomic E-state index is 15.2. The van der Waals surface area contributed by atoms with E-state index in [1.54, 1.807) is 27.0 Å². The van der Waals surface area contributed by atoms with Crippen LogP contribution in [0.5, 0.6) is 5.75 Å². The summed E-state index contributed by atoms with van der Waals surface area (Å²) in [7, 11) is -2.09. The third-order valence-corrected chi connectivity index (χ3v) is 16.3. The number of fused-ring (bicyclic) bond motifs is 7. The number of rotatable bonds is 7. The van der Waals surface area contributed by atoms with Crippen molar-refractivity contribution in [1.29, 1.82) is 0 Å². The first-order chi connectivity index (χ1) is 24.5. The second-order valence-corrected chi connectivity index (χ2v) is 19.9.